The van der Waals surface area contributed by atoms with Crippen molar-refractivity contribution in [1.29, 1.82) is 0 Å². The average molecular weight is 469 g/mol. The summed E-state index contributed by atoms with van der Waals surface area (Å²) in [5.74, 6) is -0.258. The minimum absolute atomic E-state index is 0.0780. The number of alkyl halides is 3. The van der Waals surface area contributed by atoms with Crippen molar-refractivity contribution >= 4 is 23.3 Å². The third kappa shape index (κ3) is 5.21. The van der Waals surface area contributed by atoms with Crippen LogP contribution < -0.4 is 4.90 Å². The maximum atomic E-state index is 13.3. The molecule has 1 unspecified atom stereocenters. The van der Waals surface area contributed by atoms with Crippen molar-refractivity contribution in [3.8, 4) is 0 Å². The number of ether oxygens (including phenoxy) is 1. The fourth-order valence-corrected chi connectivity index (χ4v) is 4.37. The first-order valence-electron chi connectivity index (χ1n) is 10.6. The van der Waals surface area contributed by atoms with Crippen LogP contribution in [0.1, 0.15) is 42.1 Å². The number of hydrogen-bond donors (Lipinski definition) is 0. The maximum Gasteiger partial charge on any atom is 0.417 e. The normalized spacial score (nSPS) is 15.9. The van der Waals surface area contributed by atoms with Crippen LogP contribution in [-0.4, -0.2) is 37.6 Å². The van der Waals surface area contributed by atoms with Crippen molar-refractivity contribution in [1.82, 2.24) is 4.90 Å². The number of benzene rings is 2. The molecule has 0 saturated carbocycles. The molecular formula is C24H28ClF3N2O2. The highest BCUT2D eigenvalue weighted by molar-refractivity contribution is 6.31. The Morgan fingerprint density at radius 3 is 2.53 bits per heavy atom. The molecule has 4 nitrogen and oxygen atoms in total. The molecule has 32 heavy (non-hydrogen) atoms. The Morgan fingerprint density at radius 2 is 1.94 bits per heavy atom. The number of halogens is 4. The first-order chi connectivity index (χ1) is 15.0. The molecule has 1 heterocycles. The molecule has 1 fully saturated rings. The number of likely N-dealkylation sites (tertiary alicyclic amines) is 1. The molecule has 174 valence electrons. The molecule has 0 N–H and O–H groups in total. The lowest BCUT2D eigenvalue weighted by atomic mass is 9.96. The molecule has 0 aromatic heterocycles. The van der Waals surface area contributed by atoms with E-state index in [1.165, 1.54) is 13.2 Å². The van der Waals surface area contributed by atoms with Crippen LogP contribution in [0.4, 0.5) is 18.9 Å². The lowest BCUT2D eigenvalue weighted by molar-refractivity contribution is -0.151. The second-order valence-corrected chi connectivity index (χ2v) is 8.63. The molecule has 0 bridgehead atoms. The summed E-state index contributed by atoms with van der Waals surface area (Å²) in [6, 6.07) is 10.1. The number of nitrogens with zero attached hydrogens (tertiary/aromatic N) is 2. The lowest BCUT2D eigenvalue weighted by Crippen LogP contribution is -2.50. The number of hydrogen-bond acceptors (Lipinski definition) is 4. The van der Waals surface area contributed by atoms with Gasteiger partial charge in [-0.15, -0.1) is 0 Å². The van der Waals surface area contributed by atoms with Gasteiger partial charge in [0, 0.05) is 31.9 Å². The van der Waals surface area contributed by atoms with Crippen molar-refractivity contribution < 1.29 is 22.7 Å². The smallest absolute Gasteiger partial charge is 0.417 e. The number of methoxy groups -OCH3 is 1. The monoisotopic (exact) mass is 468 g/mol. The van der Waals surface area contributed by atoms with E-state index in [0.29, 0.717) is 31.9 Å². The van der Waals surface area contributed by atoms with Gasteiger partial charge in [0.2, 0.25) is 0 Å². The molecule has 1 aliphatic heterocycles. The van der Waals surface area contributed by atoms with E-state index in [2.05, 4.69) is 11.0 Å². The summed E-state index contributed by atoms with van der Waals surface area (Å²) in [5, 5.41) is -0.303. The fraction of sp³-hybridized carbons (Fsp3) is 0.458. The van der Waals surface area contributed by atoms with Gasteiger partial charge < -0.3 is 9.64 Å². The Kier molecular flexibility index (Phi) is 7.40. The number of carbonyl (C=O) groups excluding carboxylic acids is 1. The van der Waals surface area contributed by atoms with Crippen molar-refractivity contribution in [2.45, 2.75) is 39.5 Å². The highest BCUT2D eigenvalue weighted by Crippen LogP contribution is 2.38. The molecule has 0 aliphatic carbocycles. The summed E-state index contributed by atoms with van der Waals surface area (Å²) in [6.07, 6.45) is -4.51. The SMILES string of the molecule is CCN(c1ccc(Cl)c(C(F)(F)F)c1)C(C)c1ccc(C)c(CN2CC(C(=O)OC)C2)c1. The zero-order chi connectivity index (χ0) is 23.6. The van der Waals surface area contributed by atoms with Gasteiger partial charge in [0.15, 0.2) is 0 Å². The van der Waals surface area contributed by atoms with E-state index >= 15 is 0 Å². The molecule has 2 aromatic rings. The van der Waals surface area contributed by atoms with Crippen molar-refractivity contribution in [2.75, 3.05) is 31.6 Å². The summed E-state index contributed by atoms with van der Waals surface area (Å²) >= 11 is 5.80. The first-order valence-corrected chi connectivity index (χ1v) is 11.0. The highest BCUT2D eigenvalue weighted by atomic mass is 35.5. The van der Waals surface area contributed by atoms with Crippen LogP contribution in [0.5, 0.6) is 0 Å². The van der Waals surface area contributed by atoms with Crippen molar-refractivity contribution in [2.24, 2.45) is 5.92 Å². The van der Waals surface area contributed by atoms with Crippen LogP contribution >= 0.6 is 11.6 Å². The van der Waals surface area contributed by atoms with Crippen molar-refractivity contribution in [3.05, 3.63) is 63.7 Å². The van der Waals surface area contributed by atoms with E-state index < -0.39 is 11.7 Å². The molecule has 1 aliphatic rings. The van der Waals surface area contributed by atoms with Gasteiger partial charge in [0.25, 0.3) is 0 Å². The van der Waals surface area contributed by atoms with Gasteiger partial charge >= 0.3 is 12.1 Å². The van der Waals surface area contributed by atoms with E-state index in [1.807, 2.05) is 37.8 Å². The summed E-state index contributed by atoms with van der Waals surface area (Å²) in [5.41, 5.74) is 2.94. The van der Waals surface area contributed by atoms with Crippen LogP contribution in [0.3, 0.4) is 0 Å². The Bertz CT molecular complexity index is 974. The van der Waals surface area contributed by atoms with Gasteiger partial charge in [-0.1, -0.05) is 29.8 Å². The highest BCUT2D eigenvalue weighted by Gasteiger charge is 2.35. The fourth-order valence-electron chi connectivity index (χ4n) is 4.15. The van der Waals surface area contributed by atoms with E-state index in [0.717, 1.165) is 22.8 Å². The quantitative estimate of drug-likeness (QED) is 0.476. The molecular weight excluding hydrogens is 441 g/mol. The molecule has 1 saturated heterocycles. The predicted octanol–water partition coefficient (Wildman–Crippen LogP) is 5.86. The number of carbonyl (C=O) groups is 1. The zero-order valence-electron chi connectivity index (χ0n) is 18.7. The van der Waals surface area contributed by atoms with Crippen LogP contribution in [0.15, 0.2) is 36.4 Å². The van der Waals surface area contributed by atoms with Crippen LogP contribution in [0.2, 0.25) is 5.02 Å². The van der Waals surface area contributed by atoms with E-state index in [1.54, 1.807) is 6.07 Å². The Hall–Kier alpha value is -2.25. The maximum absolute atomic E-state index is 13.3. The predicted molar refractivity (Wildman–Crippen MR) is 120 cm³/mol. The first kappa shape index (κ1) is 24.4. The number of anilines is 1. The standard InChI is InChI=1S/C24H28ClF3N2O2/c1-5-30(20-8-9-22(25)21(11-20)24(26,27)28)16(3)17-7-6-15(2)18(10-17)12-29-13-19(14-29)23(31)32-4/h6-11,16,19H,5,12-14H2,1-4H3. The third-order valence-electron chi connectivity index (χ3n) is 6.14. The Labute approximate surface area is 191 Å². The van der Waals surface area contributed by atoms with E-state index in [4.69, 9.17) is 16.3 Å². The molecule has 0 amide bonds. The van der Waals surface area contributed by atoms with Crippen LogP contribution in [0, 0.1) is 12.8 Å². The van der Waals surface area contributed by atoms with Crippen molar-refractivity contribution in [3.63, 3.8) is 0 Å². The van der Waals surface area contributed by atoms with E-state index in [-0.39, 0.29) is 23.0 Å². The molecule has 3 rings (SSSR count). The summed E-state index contributed by atoms with van der Waals surface area (Å²) in [4.78, 5) is 15.7. The van der Waals surface area contributed by atoms with E-state index in [9.17, 15) is 18.0 Å². The average Bonchev–Trinajstić information content (AvgIpc) is 2.71. The second kappa shape index (κ2) is 9.71. The summed E-state index contributed by atoms with van der Waals surface area (Å²) in [7, 11) is 1.40. The topological polar surface area (TPSA) is 32.8 Å². The molecule has 2 aromatic carbocycles. The molecule has 8 heteroatoms. The van der Waals surface area contributed by atoms with Gasteiger partial charge in [0.1, 0.15) is 0 Å². The van der Waals surface area contributed by atoms with Gasteiger partial charge in [-0.05, 0) is 55.7 Å². The minimum atomic E-state index is -4.51. The molecule has 0 radical (unpaired) electrons. The lowest BCUT2D eigenvalue weighted by Gasteiger charge is -2.38. The minimum Gasteiger partial charge on any atom is -0.469 e. The van der Waals surface area contributed by atoms with Gasteiger partial charge in [-0.3, -0.25) is 9.69 Å². The molecule has 0 spiro atoms. The van der Waals surface area contributed by atoms with Gasteiger partial charge in [-0.2, -0.15) is 13.2 Å². The van der Waals surface area contributed by atoms with Crippen LogP contribution in [-0.2, 0) is 22.3 Å². The number of aryl methyl sites for hydroxylation is 1. The zero-order valence-corrected chi connectivity index (χ0v) is 19.4. The molecule has 1 atom stereocenters. The third-order valence-corrected chi connectivity index (χ3v) is 6.47. The Balaban J connectivity index is 1.80. The van der Waals surface area contributed by atoms with Gasteiger partial charge in [-0.25, -0.2) is 0 Å². The second-order valence-electron chi connectivity index (χ2n) is 8.22. The summed E-state index contributed by atoms with van der Waals surface area (Å²) in [6.45, 7) is 8.52. The van der Waals surface area contributed by atoms with Gasteiger partial charge in [0.05, 0.1) is 29.7 Å². The Morgan fingerprint density at radius 1 is 1.25 bits per heavy atom. The summed E-state index contributed by atoms with van der Waals surface area (Å²) < 4.78 is 44.8. The van der Waals surface area contributed by atoms with Crippen LogP contribution in [0.25, 0.3) is 0 Å². The number of rotatable bonds is 7. The number of esters is 1. The largest absolute Gasteiger partial charge is 0.469 e.